The maximum absolute atomic E-state index is 11.5. The number of esters is 1. The maximum Gasteiger partial charge on any atom is 0.397 e. The summed E-state index contributed by atoms with van der Waals surface area (Å²) in [5.74, 6) is -2.63. The molecular weight excluding hydrogens is 268 g/mol. The first-order chi connectivity index (χ1) is 9.01. The number of nitrogens with one attached hydrogen (secondary N) is 1. The van der Waals surface area contributed by atoms with Crippen molar-refractivity contribution in [3.05, 3.63) is 23.8 Å². The summed E-state index contributed by atoms with van der Waals surface area (Å²) in [6, 6.07) is 4.85. The molecule has 1 aromatic rings. The number of anilines is 1. The van der Waals surface area contributed by atoms with Gasteiger partial charge in [0.05, 0.1) is 17.9 Å². The van der Waals surface area contributed by atoms with Crippen LogP contribution in [0.25, 0.3) is 0 Å². The van der Waals surface area contributed by atoms with E-state index in [1.165, 1.54) is 17.8 Å². The van der Waals surface area contributed by atoms with Gasteiger partial charge in [-0.2, -0.15) is 0 Å². The zero-order chi connectivity index (χ0) is 14.4. The van der Waals surface area contributed by atoms with Crippen molar-refractivity contribution in [2.45, 2.75) is 11.8 Å². The molecule has 0 atom stereocenters. The van der Waals surface area contributed by atoms with Gasteiger partial charge in [0, 0.05) is 4.90 Å². The van der Waals surface area contributed by atoms with E-state index in [9.17, 15) is 14.4 Å². The molecule has 7 heteroatoms. The van der Waals surface area contributed by atoms with E-state index < -0.39 is 17.8 Å². The fourth-order valence-corrected chi connectivity index (χ4v) is 2.06. The first-order valence-corrected chi connectivity index (χ1v) is 6.68. The van der Waals surface area contributed by atoms with Crippen LogP contribution in [-0.4, -0.2) is 30.6 Å². The molecule has 0 heterocycles. The van der Waals surface area contributed by atoms with Gasteiger partial charge in [-0.3, -0.25) is 9.59 Å². The molecule has 2 amide bonds. The largest absolute Gasteiger partial charge is 0.459 e. The van der Waals surface area contributed by atoms with Crippen molar-refractivity contribution in [1.29, 1.82) is 0 Å². The number of amides is 2. The molecular formula is C12H14N2O4S. The van der Waals surface area contributed by atoms with Gasteiger partial charge in [0.15, 0.2) is 0 Å². The fraction of sp³-hybridized carbons (Fsp3) is 0.250. The van der Waals surface area contributed by atoms with Crippen LogP contribution >= 0.6 is 11.8 Å². The average Bonchev–Trinajstić information content (AvgIpc) is 2.38. The van der Waals surface area contributed by atoms with Gasteiger partial charge in [0.2, 0.25) is 0 Å². The number of carbonyl (C=O) groups excluding carboxylic acids is 3. The second-order valence-electron chi connectivity index (χ2n) is 3.42. The van der Waals surface area contributed by atoms with Crippen LogP contribution in [-0.2, 0) is 14.3 Å². The number of carbonyl (C=O) groups is 3. The number of ether oxygens (including phenoxy) is 1. The van der Waals surface area contributed by atoms with E-state index in [2.05, 4.69) is 10.1 Å². The highest BCUT2D eigenvalue weighted by atomic mass is 32.2. The fourth-order valence-electron chi connectivity index (χ4n) is 1.43. The van der Waals surface area contributed by atoms with Crippen LogP contribution in [0.2, 0.25) is 0 Å². The molecule has 0 radical (unpaired) electrons. The third-order valence-corrected chi connectivity index (χ3v) is 2.98. The Morgan fingerprint density at radius 1 is 1.37 bits per heavy atom. The second kappa shape index (κ2) is 6.79. The van der Waals surface area contributed by atoms with E-state index in [0.29, 0.717) is 4.90 Å². The van der Waals surface area contributed by atoms with E-state index in [1.54, 1.807) is 25.3 Å². The summed E-state index contributed by atoms with van der Waals surface area (Å²) in [4.78, 5) is 34.8. The quantitative estimate of drug-likeness (QED) is 0.488. The monoisotopic (exact) mass is 282 g/mol. The van der Waals surface area contributed by atoms with Crippen LogP contribution in [0, 0.1) is 0 Å². The number of hydrogen-bond acceptors (Lipinski definition) is 5. The van der Waals surface area contributed by atoms with Gasteiger partial charge in [0.1, 0.15) is 0 Å². The van der Waals surface area contributed by atoms with Crippen molar-refractivity contribution in [2.75, 3.05) is 18.2 Å². The molecule has 0 aromatic heterocycles. The summed E-state index contributed by atoms with van der Waals surface area (Å²) in [5.41, 5.74) is 5.65. The van der Waals surface area contributed by atoms with Crippen molar-refractivity contribution >= 4 is 35.2 Å². The van der Waals surface area contributed by atoms with Crippen molar-refractivity contribution in [1.82, 2.24) is 0 Å². The molecule has 0 spiro atoms. The Bertz CT molecular complexity index is 516. The number of rotatable bonds is 4. The third kappa shape index (κ3) is 3.72. The van der Waals surface area contributed by atoms with Gasteiger partial charge >= 0.3 is 11.9 Å². The van der Waals surface area contributed by atoms with Crippen LogP contribution < -0.4 is 11.1 Å². The zero-order valence-electron chi connectivity index (χ0n) is 10.6. The van der Waals surface area contributed by atoms with Gasteiger partial charge in [-0.15, -0.1) is 11.8 Å². The summed E-state index contributed by atoms with van der Waals surface area (Å²) in [6.07, 6.45) is 1.78. The summed E-state index contributed by atoms with van der Waals surface area (Å²) in [6.45, 7) is 1.69. The molecule has 0 unspecified atom stereocenters. The molecule has 1 rings (SSSR count). The first kappa shape index (κ1) is 15.0. The lowest BCUT2D eigenvalue weighted by Gasteiger charge is -2.11. The lowest BCUT2D eigenvalue weighted by molar-refractivity contribution is -0.152. The van der Waals surface area contributed by atoms with Crippen molar-refractivity contribution in [3.63, 3.8) is 0 Å². The first-order valence-electron chi connectivity index (χ1n) is 5.46. The normalized spacial score (nSPS) is 9.79. The van der Waals surface area contributed by atoms with Gasteiger partial charge in [-0.25, -0.2) is 4.79 Å². The van der Waals surface area contributed by atoms with Gasteiger partial charge in [-0.05, 0) is 25.3 Å². The predicted octanol–water partition coefficient (Wildman–Crippen LogP) is 1.01. The molecule has 0 bridgehead atoms. The minimum atomic E-state index is -1.01. The Kier molecular flexibility index (Phi) is 5.37. The Morgan fingerprint density at radius 2 is 2.05 bits per heavy atom. The molecule has 0 fully saturated rings. The van der Waals surface area contributed by atoms with Crippen LogP contribution in [0.3, 0.4) is 0 Å². The predicted molar refractivity (Wildman–Crippen MR) is 72.0 cm³/mol. The molecule has 3 N–H and O–H groups in total. The third-order valence-electron chi connectivity index (χ3n) is 2.20. The summed E-state index contributed by atoms with van der Waals surface area (Å²) in [5, 5.41) is 2.32. The molecule has 6 nitrogen and oxygen atoms in total. The molecule has 1 aromatic carbocycles. The minimum Gasteiger partial charge on any atom is -0.459 e. The number of benzene rings is 1. The molecule has 0 aliphatic heterocycles. The highest BCUT2D eigenvalue weighted by Crippen LogP contribution is 2.26. The summed E-state index contributed by atoms with van der Waals surface area (Å²) < 4.78 is 4.56. The number of thioether (sulfide) groups is 1. The highest BCUT2D eigenvalue weighted by Gasteiger charge is 2.19. The average molecular weight is 282 g/mol. The van der Waals surface area contributed by atoms with Crippen LogP contribution in [0.4, 0.5) is 5.69 Å². The summed E-state index contributed by atoms with van der Waals surface area (Å²) in [7, 11) is 0. The van der Waals surface area contributed by atoms with Crippen molar-refractivity contribution in [3.8, 4) is 0 Å². The Morgan fingerprint density at radius 3 is 2.58 bits per heavy atom. The maximum atomic E-state index is 11.5. The van der Waals surface area contributed by atoms with Crippen molar-refractivity contribution in [2.24, 2.45) is 5.73 Å². The number of hydrogen-bond donors (Lipinski definition) is 2. The summed E-state index contributed by atoms with van der Waals surface area (Å²) >= 11 is 1.32. The lowest BCUT2D eigenvalue weighted by atomic mass is 10.1. The molecule has 0 aliphatic carbocycles. The standard InChI is InChI=1S/C12H14N2O4S/c1-3-18-12(17)11(16)14-7-5-4-6-8(19-2)9(7)10(13)15/h4-6H,3H2,1-2H3,(H2,13,15)(H,14,16). The minimum absolute atomic E-state index is 0.0970. The molecule has 19 heavy (non-hydrogen) atoms. The number of nitrogens with two attached hydrogens (primary N) is 1. The van der Waals surface area contributed by atoms with Crippen LogP contribution in [0.5, 0.6) is 0 Å². The molecule has 0 saturated heterocycles. The molecule has 0 saturated carbocycles. The van der Waals surface area contributed by atoms with E-state index >= 15 is 0 Å². The second-order valence-corrected chi connectivity index (χ2v) is 4.27. The smallest absolute Gasteiger partial charge is 0.397 e. The topological polar surface area (TPSA) is 98.5 Å². The van der Waals surface area contributed by atoms with Crippen LogP contribution in [0.1, 0.15) is 17.3 Å². The zero-order valence-corrected chi connectivity index (χ0v) is 11.4. The highest BCUT2D eigenvalue weighted by molar-refractivity contribution is 7.98. The SMILES string of the molecule is CCOC(=O)C(=O)Nc1cccc(SC)c1C(N)=O. The van der Waals surface area contributed by atoms with Gasteiger partial charge in [-0.1, -0.05) is 6.07 Å². The van der Waals surface area contributed by atoms with Crippen LogP contribution in [0.15, 0.2) is 23.1 Å². The van der Waals surface area contributed by atoms with Gasteiger partial charge < -0.3 is 15.8 Å². The van der Waals surface area contributed by atoms with Gasteiger partial charge in [0.25, 0.3) is 5.91 Å². The molecule has 102 valence electrons. The Balaban J connectivity index is 3.04. The van der Waals surface area contributed by atoms with E-state index in [4.69, 9.17) is 5.73 Å². The van der Waals surface area contributed by atoms with E-state index in [-0.39, 0.29) is 17.9 Å². The Hall–Kier alpha value is -2.02. The number of primary amides is 1. The van der Waals surface area contributed by atoms with E-state index in [0.717, 1.165) is 0 Å². The van der Waals surface area contributed by atoms with E-state index in [1.807, 2.05) is 0 Å². The lowest BCUT2D eigenvalue weighted by Crippen LogP contribution is -2.26. The Labute approximate surface area is 114 Å². The van der Waals surface area contributed by atoms with Crippen molar-refractivity contribution < 1.29 is 19.1 Å². The molecule has 0 aliphatic rings.